The lowest BCUT2D eigenvalue weighted by Crippen LogP contribution is -2.36. The lowest BCUT2D eigenvalue weighted by atomic mass is 10.2. The number of urea groups is 1. The minimum Gasteiger partial charge on any atom is -0.478 e. The second-order valence-corrected chi connectivity index (χ2v) is 4.75. The number of rotatable bonds is 6. The molecule has 6 nitrogen and oxygen atoms in total. The third-order valence-electron chi connectivity index (χ3n) is 2.30. The number of carbonyl (C=O) groups excluding carboxylic acids is 1. The molecular formula is C11H16N2O4S. The third kappa shape index (κ3) is 4.34. The van der Waals surface area contributed by atoms with Crippen molar-refractivity contribution in [2.75, 3.05) is 11.9 Å². The fourth-order valence-corrected chi connectivity index (χ4v) is 2.18. The number of carbonyl (C=O) groups is 2. The highest BCUT2D eigenvalue weighted by atomic mass is 32.1. The Hall–Kier alpha value is -1.60. The molecule has 1 rings (SSSR count). The number of carboxylic acid groups (broad SMARTS) is 1. The maximum Gasteiger partial charge on any atom is 0.338 e. The summed E-state index contributed by atoms with van der Waals surface area (Å²) >= 11 is 1.16. The van der Waals surface area contributed by atoms with E-state index in [1.54, 1.807) is 5.38 Å². The molecule has 0 fully saturated rings. The number of aromatic carboxylic acids is 1. The zero-order chi connectivity index (χ0) is 13.5. The Bertz CT molecular complexity index is 419. The van der Waals surface area contributed by atoms with Crippen LogP contribution in [0, 0.1) is 0 Å². The normalized spacial score (nSPS) is 11.9. The van der Waals surface area contributed by atoms with E-state index in [9.17, 15) is 9.59 Å². The highest BCUT2D eigenvalue weighted by molar-refractivity contribution is 7.14. The van der Waals surface area contributed by atoms with E-state index in [0.29, 0.717) is 17.8 Å². The first kappa shape index (κ1) is 14.5. The van der Waals surface area contributed by atoms with Crippen LogP contribution in [0.15, 0.2) is 11.4 Å². The predicted molar refractivity (Wildman–Crippen MR) is 69.2 cm³/mol. The van der Waals surface area contributed by atoms with Crippen LogP contribution in [-0.2, 0) is 0 Å². The third-order valence-corrected chi connectivity index (χ3v) is 3.13. The topological polar surface area (TPSA) is 98.7 Å². The minimum atomic E-state index is -1.07. The number of aliphatic hydroxyl groups is 1. The Morgan fingerprint density at radius 1 is 1.50 bits per heavy atom. The van der Waals surface area contributed by atoms with E-state index in [4.69, 9.17) is 10.2 Å². The molecule has 100 valence electrons. The van der Waals surface area contributed by atoms with Gasteiger partial charge < -0.3 is 15.5 Å². The molecule has 0 aliphatic carbocycles. The van der Waals surface area contributed by atoms with E-state index in [0.717, 1.165) is 11.3 Å². The number of aliphatic hydroxyl groups excluding tert-OH is 1. The van der Waals surface area contributed by atoms with Gasteiger partial charge in [0.05, 0.1) is 5.56 Å². The molecule has 0 aliphatic rings. The molecule has 7 heteroatoms. The van der Waals surface area contributed by atoms with Crippen molar-refractivity contribution in [1.29, 1.82) is 0 Å². The molecule has 0 aliphatic heterocycles. The maximum atomic E-state index is 11.6. The highest BCUT2D eigenvalue weighted by Gasteiger charge is 2.14. The number of carboxylic acids is 1. The Morgan fingerprint density at radius 3 is 2.83 bits per heavy atom. The molecule has 0 bridgehead atoms. The molecule has 1 heterocycles. The van der Waals surface area contributed by atoms with Gasteiger partial charge in [0.2, 0.25) is 0 Å². The Kier molecular flexibility index (Phi) is 5.60. The second-order valence-electron chi connectivity index (χ2n) is 3.83. The van der Waals surface area contributed by atoms with Crippen molar-refractivity contribution in [3.8, 4) is 0 Å². The molecule has 2 amide bonds. The fraction of sp³-hybridized carbons (Fsp3) is 0.455. The average Bonchev–Trinajstić information content (AvgIpc) is 2.74. The summed E-state index contributed by atoms with van der Waals surface area (Å²) in [7, 11) is 0. The molecule has 0 spiro atoms. The van der Waals surface area contributed by atoms with Crippen LogP contribution in [0.25, 0.3) is 0 Å². The van der Waals surface area contributed by atoms with Gasteiger partial charge in [-0.05, 0) is 31.2 Å². The van der Waals surface area contributed by atoms with Crippen molar-refractivity contribution in [3.05, 3.63) is 17.0 Å². The molecule has 0 saturated carbocycles. The number of thiophene rings is 1. The standard InChI is InChI=1S/C11H16N2O4S/c1-7(3-2-5-14)12-11(17)13-9-8(10(15)16)4-6-18-9/h4,6-7,14H,2-3,5H2,1H3,(H,15,16)(H2,12,13,17). The summed E-state index contributed by atoms with van der Waals surface area (Å²) in [5.74, 6) is -1.07. The fourth-order valence-electron chi connectivity index (χ4n) is 1.41. The summed E-state index contributed by atoms with van der Waals surface area (Å²) in [5, 5.41) is 24.6. The van der Waals surface area contributed by atoms with Gasteiger partial charge in [-0.1, -0.05) is 0 Å². The van der Waals surface area contributed by atoms with Crippen molar-refractivity contribution < 1.29 is 19.8 Å². The SMILES string of the molecule is CC(CCCO)NC(=O)Nc1sccc1C(=O)O. The Balaban J connectivity index is 2.49. The van der Waals surface area contributed by atoms with Gasteiger partial charge in [0, 0.05) is 12.6 Å². The first-order valence-corrected chi connectivity index (χ1v) is 6.41. The van der Waals surface area contributed by atoms with Crippen LogP contribution < -0.4 is 10.6 Å². The summed E-state index contributed by atoms with van der Waals surface area (Å²) in [6, 6.07) is 0.924. The van der Waals surface area contributed by atoms with Crippen LogP contribution in [0.1, 0.15) is 30.1 Å². The number of hydrogen-bond donors (Lipinski definition) is 4. The van der Waals surface area contributed by atoms with E-state index < -0.39 is 12.0 Å². The lowest BCUT2D eigenvalue weighted by Gasteiger charge is -2.13. The average molecular weight is 272 g/mol. The highest BCUT2D eigenvalue weighted by Crippen LogP contribution is 2.22. The van der Waals surface area contributed by atoms with E-state index in [2.05, 4.69) is 10.6 Å². The zero-order valence-corrected chi connectivity index (χ0v) is 10.8. The van der Waals surface area contributed by atoms with Gasteiger partial charge in [0.25, 0.3) is 0 Å². The van der Waals surface area contributed by atoms with Crippen molar-refractivity contribution in [1.82, 2.24) is 5.32 Å². The van der Waals surface area contributed by atoms with Gasteiger partial charge in [-0.3, -0.25) is 5.32 Å². The minimum absolute atomic E-state index is 0.0783. The molecule has 1 unspecified atom stereocenters. The molecule has 0 radical (unpaired) electrons. The van der Waals surface area contributed by atoms with Crippen molar-refractivity contribution in [2.45, 2.75) is 25.8 Å². The number of nitrogens with one attached hydrogen (secondary N) is 2. The van der Waals surface area contributed by atoms with Crippen molar-refractivity contribution in [2.24, 2.45) is 0 Å². The first-order chi connectivity index (χ1) is 8.54. The number of anilines is 1. The van der Waals surface area contributed by atoms with Crippen molar-refractivity contribution >= 4 is 28.3 Å². The number of amides is 2. The molecule has 18 heavy (non-hydrogen) atoms. The summed E-state index contributed by atoms with van der Waals surface area (Å²) in [4.78, 5) is 22.4. The second kappa shape index (κ2) is 6.97. The van der Waals surface area contributed by atoms with Crippen molar-refractivity contribution in [3.63, 3.8) is 0 Å². The van der Waals surface area contributed by atoms with Gasteiger partial charge in [-0.25, -0.2) is 9.59 Å². The molecule has 1 atom stereocenters. The van der Waals surface area contributed by atoms with Crippen LogP contribution in [0.5, 0.6) is 0 Å². The Morgan fingerprint density at radius 2 is 2.22 bits per heavy atom. The zero-order valence-electron chi connectivity index (χ0n) is 9.97. The van der Waals surface area contributed by atoms with Gasteiger partial charge >= 0.3 is 12.0 Å². The first-order valence-electron chi connectivity index (χ1n) is 5.53. The summed E-state index contributed by atoms with van der Waals surface area (Å²) in [6.45, 7) is 1.91. The Labute approximate surface area is 109 Å². The van der Waals surface area contributed by atoms with Gasteiger partial charge in [0.1, 0.15) is 5.00 Å². The smallest absolute Gasteiger partial charge is 0.338 e. The molecule has 4 N–H and O–H groups in total. The van der Waals surface area contributed by atoms with Crippen LogP contribution >= 0.6 is 11.3 Å². The molecule has 0 saturated heterocycles. The largest absolute Gasteiger partial charge is 0.478 e. The number of hydrogen-bond acceptors (Lipinski definition) is 4. The van der Waals surface area contributed by atoms with E-state index in [1.807, 2.05) is 6.92 Å². The molecular weight excluding hydrogens is 256 g/mol. The molecule has 1 aromatic heterocycles. The predicted octanol–water partition coefficient (Wildman–Crippen LogP) is 1.73. The van der Waals surface area contributed by atoms with Crippen LogP contribution in [0.4, 0.5) is 9.80 Å². The van der Waals surface area contributed by atoms with Crippen LogP contribution in [0.2, 0.25) is 0 Å². The molecule has 1 aromatic rings. The van der Waals surface area contributed by atoms with Gasteiger partial charge in [0.15, 0.2) is 0 Å². The van der Waals surface area contributed by atoms with Crippen LogP contribution in [-0.4, -0.2) is 34.9 Å². The van der Waals surface area contributed by atoms with E-state index >= 15 is 0 Å². The quantitative estimate of drug-likeness (QED) is 0.633. The molecule has 0 aromatic carbocycles. The van der Waals surface area contributed by atoms with Gasteiger partial charge in [-0.2, -0.15) is 0 Å². The maximum absolute atomic E-state index is 11.6. The summed E-state index contributed by atoms with van der Waals surface area (Å²) in [5.41, 5.74) is 0.0816. The van der Waals surface area contributed by atoms with Crippen LogP contribution in [0.3, 0.4) is 0 Å². The summed E-state index contributed by atoms with van der Waals surface area (Å²) in [6.07, 6.45) is 1.28. The monoisotopic (exact) mass is 272 g/mol. The van der Waals surface area contributed by atoms with E-state index in [1.165, 1.54) is 6.07 Å². The summed E-state index contributed by atoms with van der Waals surface area (Å²) < 4.78 is 0. The lowest BCUT2D eigenvalue weighted by molar-refractivity contribution is 0.0698. The van der Waals surface area contributed by atoms with Gasteiger partial charge in [-0.15, -0.1) is 11.3 Å². The van der Waals surface area contributed by atoms with E-state index in [-0.39, 0.29) is 18.2 Å².